The zero-order valence-electron chi connectivity index (χ0n) is 15.6. The van der Waals surface area contributed by atoms with Gasteiger partial charge < -0.3 is 20.1 Å². The molecule has 2 N–H and O–H groups in total. The number of rotatable bonds is 4. The first kappa shape index (κ1) is 18.5. The SMILES string of the molecule is CCCc1ccc(N2CCCCC2)nc1.NCc1cccc2c1OCO2. The van der Waals surface area contributed by atoms with Gasteiger partial charge in [0.2, 0.25) is 6.79 Å². The van der Waals surface area contributed by atoms with Gasteiger partial charge in [0.05, 0.1) is 0 Å². The van der Waals surface area contributed by atoms with Crippen molar-refractivity contribution in [2.75, 3.05) is 24.8 Å². The minimum absolute atomic E-state index is 0.312. The lowest BCUT2D eigenvalue weighted by Crippen LogP contribution is -2.30. The Morgan fingerprint density at radius 2 is 1.92 bits per heavy atom. The second-order valence-corrected chi connectivity index (χ2v) is 6.68. The number of pyridine rings is 1. The number of nitrogens with zero attached hydrogens (tertiary/aromatic N) is 2. The van der Waals surface area contributed by atoms with Gasteiger partial charge in [-0.25, -0.2) is 4.98 Å². The Labute approximate surface area is 156 Å². The number of piperidine rings is 1. The third-order valence-corrected chi connectivity index (χ3v) is 4.73. The number of aryl methyl sites for hydroxylation is 1. The van der Waals surface area contributed by atoms with Gasteiger partial charge >= 0.3 is 0 Å². The average Bonchev–Trinajstić information content (AvgIpc) is 3.19. The summed E-state index contributed by atoms with van der Waals surface area (Å²) in [6, 6.07) is 10.1. The van der Waals surface area contributed by atoms with Crippen LogP contribution in [0.2, 0.25) is 0 Å². The van der Waals surface area contributed by atoms with Gasteiger partial charge in [0.15, 0.2) is 11.5 Å². The van der Waals surface area contributed by atoms with E-state index in [2.05, 4.69) is 28.9 Å². The molecule has 0 bridgehead atoms. The number of hydrogen-bond donors (Lipinski definition) is 1. The van der Waals surface area contributed by atoms with Crippen molar-refractivity contribution in [2.24, 2.45) is 5.73 Å². The van der Waals surface area contributed by atoms with Gasteiger partial charge in [-0.15, -0.1) is 0 Å². The molecule has 2 aliphatic rings. The van der Waals surface area contributed by atoms with Gasteiger partial charge in [-0.05, 0) is 43.4 Å². The van der Waals surface area contributed by atoms with E-state index in [9.17, 15) is 0 Å². The molecule has 26 heavy (non-hydrogen) atoms. The van der Waals surface area contributed by atoms with Gasteiger partial charge in [0.1, 0.15) is 5.82 Å². The van der Waals surface area contributed by atoms with Crippen molar-refractivity contribution in [3.8, 4) is 11.5 Å². The number of anilines is 1. The second kappa shape index (κ2) is 9.43. The van der Waals surface area contributed by atoms with Crippen molar-refractivity contribution in [3.63, 3.8) is 0 Å². The summed E-state index contributed by atoms with van der Waals surface area (Å²) in [5.41, 5.74) is 7.85. The van der Waals surface area contributed by atoms with E-state index >= 15 is 0 Å². The highest BCUT2D eigenvalue weighted by Crippen LogP contribution is 2.34. The van der Waals surface area contributed by atoms with E-state index < -0.39 is 0 Å². The zero-order valence-corrected chi connectivity index (χ0v) is 15.6. The van der Waals surface area contributed by atoms with Crippen LogP contribution in [-0.4, -0.2) is 24.9 Å². The summed E-state index contributed by atoms with van der Waals surface area (Å²) in [7, 11) is 0. The van der Waals surface area contributed by atoms with Crippen molar-refractivity contribution in [1.82, 2.24) is 4.98 Å². The Hall–Kier alpha value is -2.27. The molecule has 2 aliphatic heterocycles. The van der Waals surface area contributed by atoms with Gasteiger partial charge in [0.25, 0.3) is 0 Å². The molecule has 4 rings (SSSR count). The Kier molecular flexibility index (Phi) is 6.72. The molecule has 5 heteroatoms. The maximum atomic E-state index is 5.49. The van der Waals surface area contributed by atoms with E-state index in [4.69, 9.17) is 15.2 Å². The molecule has 0 saturated carbocycles. The molecule has 0 spiro atoms. The summed E-state index contributed by atoms with van der Waals surface area (Å²) in [5, 5.41) is 0. The molecule has 0 aliphatic carbocycles. The highest BCUT2D eigenvalue weighted by Gasteiger charge is 2.15. The molecule has 0 unspecified atom stereocenters. The highest BCUT2D eigenvalue weighted by atomic mass is 16.7. The Morgan fingerprint density at radius 3 is 2.62 bits per heavy atom. The summed E-state index contributed by atoms with van der Waals surface area (Å²) >= 11 is 0. The first-order valence-electron chi connectivity index (χ1n) is 9.59. The van der Waals surface area contributed by atoms with E-state index in [1.54, 1.807) is 0 Å². The number of fused-ring (bicyclic) bond motifs is 1. The Bertz CT molecular complexity index is 682. The van der Waals surface area contributed by atoms with Crippen molar-refractivity contribution in [3.05, 3.63) is 47.7 Å². The standard InChI is InChI=1S/C13H20N2.C8H9NO2/c1-2-6-12-7-8-13(14-11-12)15-9-4-3-5-10-15;9-4-6-2-1-3-7-8(6)11-5-10-7/h7-8,11H,2-6,9-10H2,1H3;1-3H,4-5,9H2. The molecule has 1 aromatic carbocycles. The largest absolute Gasteiger partial charge is 0.454 e. The second-order valence-electron chi connectivity index (χ2n) is 6.68. The Balaban J connectivity index is 0.000000158. The van der Waals surface area contributed by atoms with Crippen molar-refractivity contribution in [1.29, 1.82) is 0 Å². The normalized spacial score (nSPS) is 15.4. The van der Waals surface area contributed by atoms with Gasteiger partial charge in [0, 0.05) is 31.4 Å². The van der Waals surface area contributed by atoms with Crippen LogP contribution < -0.4 is 20.1 Å². The first-order chi connectivity index (χ1) is 12.8. The topological polar surface area (TPSA) is 60.6 Å². The Morgan fingerprint density at radius 1 is 1.08 bits per heavy atom. The molecule has 0 amide bonds. The smallest absolute Gasteiger partial charge is 0.231 e. The molecule has 1 aromatic heterocycles. The summed E-state index contributed by atoms with van der Waals surface area (Å²) in [5.74, 6) is 2.76. The third kappa shape index (κ3) is 4.67. The van der Waals surface area contributed by atoms with Crippen molar-refractivity contribution < 1.29 is 9.47 Å². The number of para-hydroxylation sites is 1. The highest BCUT2D eigenvalue weighted by molar-refractivity contribution is 5.47. The first-order valence-corrected chi connectivity index (χ1v) is 9.59. The third-order valence-electron chi connectivity index (χ3n) is 4.73. The van der Waals surface area contributed by atoms with Crippen LogP contribution >= 0.6 is 0 Å². The molecular formula is C21H29N3O2. The monoisotopic (exact) mass is 355 g/mol. The summed E-state index contributed by atoms with van der Waals surface area (Å²) in [4.78, 5) is 6.95. The predicted octanol–water partition coefficient (Wildman–Crippen LogP) is 3.90. The number of benzene rings is 1. The number of aromatic nitrogens is 1. The number of ether oxygens (including phenoxy) is 2. The van der Waals surface area contributed by atoms with Crippen LogP contribution in [0.25, 0.3) is 0 Å². The molecule has 1 saturated heterocycles. The predicted molar refractivity (Wildman–Crippen MR) is 105 cm³/mol. The molecule has 2 aromatic rings. The fourth-order valence-electron chi connectivity index (χ4n) is 3.31. The van der Waals surface area contributed by atoms with Crippen molar-refractivity contribution in [2.45, 2.75) is 45.6 Å². The summed E-state index contributed by atoms with van der Waals surface area (Å²) < 4.78 is 10.4. The van der Waals surface area contributed by atoms with Gasteiger partial charge in [-0.2, -0.15) is 0 Å². The molecule has 3 heterocycles. The van der Waals surface area contributed by atoms with Crippen LogP contribution in [0.5, 0.6) is 11.5 Å². The lowest BCUT2D eigenvalue weighted by molar-refractivity contribution is 0.173. The molecule has 0 atom stereocenters. The van der Waals surface area contributed by atoms with E-state index in [1.165, 1.54) is 44.3 Å². The number of hydrogen-bond acceptors (Lipinski definition) is 5. The van der Waals surface area contributed by atoms with E-state index in [1.807, 2.05) is 24.4 Å². The van der Waals surface area contributed by atoms with Crippen molar-refractivity contribution >= 4 is 5.82 Å². The number of nitrogens with two attached hydrogens (primary N) is 1. The fourth-order valence-corrected chi connectivity index (χ4v) is 3.31. The van der Waals surface area contributed by atoms with Crippen LogP contribution in [0.15, 0.2) is 36.5 Å². The van der Waals surface area contributed by atoms with Crippen LogP contribution in [0.1, 0.15) is 43.7 Å². The van der Waals surface area contributed by atoms with Crippen LogP contribution in [-0.2, 0) is 13.0 Å². The molecule has 140 valence electrons. The van der Waals surface area contributed by atoms with Crippen LogP contribution in [0.3, 0.4) is 0 Å². The molecule has 5 nitrogen and oxygen atoms in total. The molecular weight excluding hydrogens is 326 g/mol. The zero-order chi connectivity index (χ0) is 18.2. The quantitative estimate of drug-likeness (QED) is 0.901. The summed E-state index contributed by atoms with van der Waals surface area (Å²) in [6.45, 7) is 5.37. The molecule has 1 fully saturated rings. The maximum Gasteiger partial charge on any atom is 0.231 e. The lowest BCUT2D eigenvalue weighted by atomic mass is 10.1. The minimum Gasteiger partial charge on any atom is -0.454 e. The van der Waals surface area contributed by atoms with Crippen LogP contribution in [0, 0.1) is 0 Å². The fraction of sp³-hybridized carbons (Fsp3) is 0.476. The molecule has 0 radical (unpaired) electrons. The average molecular weight is 355 g/mol. The lowest BCUT2D eigenvalue weighted by Gasteiger charge is -2.27. The van der Waals surface area contributed by atoms with Crippen LogP contribution in [0.4, 0.5) is 5.82 Å². The maximum absolute atomic E-state index is 5.49. The van der Waals surface area contributed by atoms with E-state index in [0.717, 1.165) is 29.3 Å². The minimum atomic E-state index is 0.312. The van der Waals surface area contributed by atoms with Gasteiger partial charge in [-0.3, -0.25) is 0 Å². The van der Waals surface area contributed by atoms with E-state index in [0.29, 0.717) is 13.3 Å². The van der Waals surface area contributed by atoms with E-state index in [-0.39, 0.29) is 0 Å². The van der Waals surface area contributed by atoms with Gasteiger partial charge in [-0.1, -0.05) is 31.5 Å². The summed E-state index contributed by atoms with van der Waals surface area (Å²) in [6.07, 6.45) is 8.40.